The standard InChI is InChI=1S/C17H25N3O3/c1-10(2)17(6,22)9-18-16(21)14-7-11(3)20(13(14)5)15-8-12(4)23-19-15/h7-8,10,22H,9H2,1-6H3,(H,18,21). The lowest BCUT2D eigenvalue weighted by atomic mass is 9.92. The van der Waals surface area contributed by atoms with Crippen LogP contribution in [-0.4, -0.2) is 32.9 Å². The third-order valence-electron chi connectivity index (χ3n) is 4.37. The Bertz CT molecular complexity index is 711. The number of nitrogens with zero attached hydrogens (tertiary/aromatic N) is 2. The van der Waals surface area contributed by atoms with E-state index in [9.17, 15) is 9.90 Å². The van der Waals surface area contributed by atoms with Gasteiger partial charge in [-0.05, 0) is 39.7 Å². The van der Waals surface area contributed by atoms with Crippen molar-refractivity contribution in [2.75, 3.05) is 6.54 Å². The fourth-order valence-corrected chi connectivity index (χ4v) is 2.36. The zero-order chi connectivity index (χ0) is 17.4. The molecule has 0 bridgehead atoms. The Kier molecular flexibility index (Phi) is 4.66. The van der Waals surface area contributed by atoms with Crippen molar-refractivity contribution >= 4 is 5.91 Å². The molecule has 6 nitrogen and oxygen atoms in total. The van der Waals surface area contributed by atoms with Gasteiger partial charge in [0.25, 0.3) is 5.91 Å². The predicted molar refractivity (Wildman–Crippen MR) is 87.8 cm³/mol. The minimum Gasteiger partial charge on any atom is -0.388 e. The van der Waals surface area contributed by atoms with Gasteiger partial charge in [-0.3, -0.25) is 9.36 Å². The molecule has 2 rings (SSSR count). The maximum Gasteiger partial charge on any atom is 0.253 e. The van der Waals surface area contributed by atoms with Crippen LogP contribution in [0.2, 0.25) is 0 Å². The monoisotopic (exact) mass is 319 g/mol. The fraction of sp³-hybridized carbons (Fsp3) is 0.529. The van der Waals surface area contributed by atoms with Crippen molar-refractivity contribution in [1.29, 1.82) is 0 Å². The largest absolute Gasteiger partial charge is 0.388 e. The highest BCUT2D eigenvalue weighted by atomic mass is 16.5. The Morgan fingerprint density at radius 2 is 2.04 bits per heavy atom. The zero-order valence-corrected chi connectivity index (χ0v) is 14.6. The highest BCUT2D eigenvalue weighted by Gasteiger charge is 2.26. The summed E-state index contributed by atoms with van der Waals surface area (Å²) in [6, 6.07) is 3.64. The highest BCUT2D eigenvalue weighted by molar-refractivity contribution is 5.95. The Hall–Kier alpha value is -2.08. The minimum atomic E-state index is -0.940. The van der Waals surface area contributed by atoms with E-state index in [0.29, 0.717) is 17.1 Å². The molecule has 0 aromatic carbocycles. The first kappa shape index (κ1) is 17.3. The molecule has 2 aromatic rings. The first-order valence-corrected chi connectivity index (χ1v) is 7.76. The third kappa shape index (κ3) is 3.47. The molecule has 0 aliphatic carbocycles. The first-order chi connectivity index (χ1) is 10.6. The van der Waals surface area contributed by atoms with E-state index in [1.165, 1.54) is 0 Å². The molecule has 0 fully saturated rings. The Labute approximate surface area is 136 Å². The van der Waals surface area contributed by atoms with Crippen LogP contribution < -0.4 is 5.32 Å². The van der Waals surface area contributed by atoms with Crippen LogP contribution >= 0.6 is 0 Å². The molecule has 2 heterocycles. The van der Waals surface area contributed by atoms with Gasteiger partial charge in [-0.25, -0.2) is 0 Å². The Morgan fingerprint density at radius 1 is 1.39 bits per heavy atom. The van der Waals surface area contributed by atoms with Crippen molar-refractivity contribution in [1.82, 2.24) is 15.0 Å². The lowest BCUT2D eigenvalue weighted by Crippen LogP contribution is -2.44. The van der Waals surface area contributed by atoms with Crippen molar-refractivity contribution in [3.05, 3.63) is 34.8 Å². The molecule has 0 aliphatic heterocycles. The van der Waals surface area contributed by atoms with Gasteiger partial charge in [-0.15, -0.1) is 0 Å². The topological polar surface area (TPSA) is 80.3 Å². The first-order valence-electron chi connectivity index (χ1n) is 7.76. The van der Waals surface area contributed by atoms with Gasteiger partial charge in [-0.1, -0.05) is 19.0 Å². The fourth-order valence-electron chi connectivity index (χ4n) is 2.36. The van der Waals surface area contributed by atoms with E-state index < -0.39 is 5.60 Å². The van der Waals surface area contributed by atoms with Gasteiger partial charge >= 0.3 is 0 Å². The second-order valence-corrected chi connectivity index (χ2v) is 6.61. The summed E-state index contributed by atoms with van der Waals surface area (Å²) in [6.07, 6.45) is 0. The molecule has 0 saturated heterocycles. The summed E-state index contributed by atoms with van der Waals surface area (Å²) in [5.74, 6) is 1.22. The number of aromatic nitrogens is 2. The van der Waals surface area contributed by atoms with Crippen molar-refractivity contribution in [3.8, 4) is 5.82 Å². The Morgan fingerprint density at radius 3 is 2.57 bits per heavy atom. The van der Waals surface area contributed by atoms with E-state index in [1.807, 2.05) is 51.3 Å². The second kappa shape index (κ2) is 6.20. The molecular weight excluding hydrogens is 294 g/mol. The van der Waals surface area contributed by atoms with Crippen LogP contribution in [0.15, 0.2) is 16.7 Å². The van der Waals surface area contributed by atoms with Crippen molar-refractivity contribution < 1.29 is 14.4 Å². The average molecular weight is 319 g/mol. The molecule has 2 N–H and O–H groups in total. The Balaban J connectivity index is 2.23. The summed E-state index contributed by atoms with van der Waals surface area (Å²) in [4.78, 5) is 12.5. The van der Waals surface area contributed by atoms with E-state index in [4.69, 9.17) is 4.52 Å². The molecule has 1 atom stereocenters. The molecule has 126 valence electrons. The zero-order valence-electron chi connectivity index (χ0n) is 14.6. The SMILES string of the molecule is Cc1cc(-n2c(C)cc(C(=O)NCC(C)(O)C(C)C)c2C)no1. The lowest BCUT2D eigenvalue weighted by molar-refractivity contribution is 0.0142. The van der Waals surface area contributed by atoms with E-state index >= 15 is 0 Å². The number of aliphatic hydroxyl groups is 1. The van der Waals surface area contributed by atoms with Gasteiger partial charge in [0, 0.05) is 24.0 Å². The van der Waals surface area contributed by atoms with E-state index in [1.54, 1.807) is 6.92 Å². The van der Waals surface area contributed by atoms with Crippen LogP contribution in [-0.2, 0) is 0 Å². The number of rotatable bonds is 5. The molecule has 0 aliphatic rings. The maximum absolute atomic E-state index is 12.5. The van der Waals surface area contributed by atoms with Gasteiger partial charge < -0.3 is 14.9 Å². The van der Waals surface area contributed by atoms with Crippen molar-refractivity contribution in [2.24, 2.45) is 5.92 Å². The van der Waals surface area contributed by atoms with Gasteiger partial charge in [-0.2, -0.15) is 0 Å². The molecule has 0 radical (unpaired) electrons. The number of aryl methyl sites for hydroxylation is 2. The molecule has 23 heavy (non-hydrogen) atoms. The molecular formula is C17H25N3O3. The minimum absolute atomic E-state index is 0.0494. The summed E-state index contributed by atoms with van der Waals surface area (Å²) in [7, 11) is 0. The highest BCUT2D eigenvalue weighted by Crippen LogP contribution is 2.21. The molecule has 0 saturated carbocycles. The van der Waals surface area contributed by atoms with Gasteiger partial charge in [0.15, 0.2) is 5.82 Å². The summed E-state index contributed by atoms with van der Waals surface area (Å²) < 4.78 is 6.99. The van der Waals surface area contributed by atoms with E-state index in [0.717, 1.165) is 11.4 Å². The number of carbonyl (C=O) groups is 1. The van der Waals surface area contributed by atoms with Gasteiger partial charge in [0.2, 0.25) is 0 Å². The summed E-state index contributed by atoms with van der Waals surface area (Å²) in [5, 5.41) is 17.1. The van der Waals surface area contributed by atoms with Crippen LogP contribution in [0.25, 0.3) is 5.82 Å². The third-order valence-corrected chi connectivity index (χ3v) is 4.37. The predicted octanol–water partition coefficient (Wildman–Crippen LogP) is 2.53. The quantitative estimate of drug-likeness (QED) is 0.887. The number of carbonyl (C=O) groups excluding carboxylic acids is 1. The van der Waals surface area contributed by atoms with Gasteiger partial charge in [0.05, 0.1) is 11.2 Å². The number of amides is 1. The molecule has 0 spiro atoms. The molecule has 1 unspecified atom stereocenters. The van der Waals surface area contributed by atoms with Crippen molar-refractivity contribution in [2.45, 2.75) is 47.1 Å². The van der Waals surface area contributed by atoms with Crippen LogP contribution in [0, 0.1) is 26.7 Å². The molecule has 1 amide bonds. The van der Waals surface area contributed by atoms with Crippen LogP contribution in [0.5, 0.6) is 0 Å². The molecule has 6 heteroatoms. The summed E-state index contributed by atoms with van der Waals surface area (Å²) in [6.45, 7) is 11.4. The lowest BCUT2D eigenvalue weighted by Gasteiger charge is -2.27. The average Bonchev–Trinajstić information content (AvgIpc) is 2.99. The van der Waals surface area contributed by atoms with Gasteiger partial charge in [0.1, 0.15) is 5.76 Å². The van der Waals surface area contributed by atoms with Crippen LogP contribution in [0.4, 0.5) is 0 Å². The van der Waals surface area contributed by atoms with Crippen molar-refractivity contribution in [3.63, 3.8) is 0 Å². The second-order valence-electron chi connectivity index (χ2n) is 6.61. The van der Waals surface area contributed by atoms with E-state index in [-0.39, 0.29) is 18.4 Å². The summed E-state index contributed by atoms with van der Waals surface area (Å²) >= 11 is 0. The number of nitrogens with one attached hydrogen (secondary N) is 1. The number of hydrogen-bond acceptors (Lipinski definition) is 4. The maximum atomic E-state index is 12.5. The summed E-state index contributed by atoms with van der Waals surface area (Å²) in [5.41, 5.74) is 1.32. The van der Waals surface area contributed by atoms with Crippen LogP contribution in [0.1, 0.15) is 48.3 Å². The smallest absolute Gasteiger partial charge is 0.253 e. The van der Waals surface area contributed by atoms with Crippen LogP contribution in [0.3, 0.4) is 0 Å². The number of hydrogen-bond donors (Lipinski definition) is 2. The molecule has 2 aromatic heterocycles. The van der Waals surface area contributed by atoms with E-state index in [2.05, 4.69) is 10.5 Å². The normalized spacial score (nSPS) is 14.1.